The van der Waals surface area contributed by atoms with Gasteiger partial charge in [0.1, 0.15) is 0 Å². The summed E-state index contributed by atoms with van der Waals surface area (Å²) in [5.41, 5.74) is 5.78. The van der Waals surface area contributed by atoms with Crippen LogP contribution >= 0.6 is 0 Å². The Kier molecular flexibility index (Phi) is 3.82. The van der Waals surface area contributed by atoms with Crippen LogP contribution in [-0.2, 0) is 19.6 Å². The van der Waals surface area contributed by atoms with Crippen molar-refractivity contribution >= 4 is 5.65 Å². The van der Waals surface area contributed by atoms with E-state index in [4.69, 9.17) is 0 Å². The molecule has 1 N–H and O–H groups in total. The van der Waals surface area contributed by atoms with E-state index in [0.29, 0.717) is 0 Å². The molecule has 126 valence electrons. The van der Waals surface area contributed by atoms with Gasteiger partial charge in [-0.15, -0.1) is 0 Å². The van der Waals surface area contributed by atoms with Crippen LogP contribution in [0.15, 0.2) is 24.7 Å². The molecule has 0 fully saturated rings. The maximum absolute atomic E-state index is 4.52. The van der Waals surface area contributed by atoms with E-state index in [9.17, 15) is 0 Å². The Morgan fingerprint density at radius 3 is 3.00 bits per heavy atom. The van der Waals surface area contributed by atoms with Crippen molar-refractivity contribution in [2.24, 2.45) is 0 Å². The van der Waals surface area contributed by atoms with Gasteiger partial charge in [0.2, 0.25) is 0 Å². The molecule has 1 aliphatic heterocycles. The van der Waals surface area contributed by atoms with E-state index < -0.39 is 0 Å². The number of hydrogen-bond acceptors (Lipinski definition) is 5. The average molecular weight is 325 g/mol. The fourth-order valence-electron chi connectivity index (χ4n) is 3.38. The van der Waals surface area contributed by atoms with Crippen LogP contribution in [0, 0.1) is 6.92 Å². The highest BCUT2D eigenvalue weighted by atomic mass is 15.3. The van der Waals surface area contributed by atoms with Gasteiger partial charge in [0.05, 0.1) is 24.6 Å². The third kappa shape index (κ3) is 2.59. The van der Waals surface area contributed by atoms with Gasteiger partial charge in [0.25, 0.3) is 0 Å². The molecule has 4 rings (SSSR count). The SMILES string of the molecule is Cc1c(C(C)NCc2cnn3c2CN(C)CC3)cnc2ccnn12. The first-order valence-corrected chi connectivity index (χ1v) is 8.38. The lowest BCUT2D eigenvalue weighted by atomic mass is 10.1. The standard InChI is InChI=1S/C17H23N7/c1-12(15-10-19-17-4-5-20-24(17)13(15)2)18-8-14-9-21-23-7-6-22(3)11-16(14)23/h4-5,9-10,12,18H,6-8,11H2,1-3H3. The van der Waals surface area contributed by atoms with Crippen LogP contribution in [0.5, 0.6) is 0 Å². The third-order valence-electron chi connectivity index (χ3n) is 4.91. The van der Waals surface area contributed by atoms with Gasteiger partial charge < -0.3 is 5.32 Å². The van der Waals surface area contributed by atoms with Crippen molar-refractivity contribution in [1.29, 1.82) is 0 Å². The first-order chi connectivity index (χ1) is 11.6. The highest BCUT2D eigenvalue weighted by Gasteiger charge is 2.19. The number of likely N-dealkylation sites (N-methyl/N-ethyl adjacent to an activating group) is 1. The molecule has 0 amide bonds. The van der Waals surface area contributed by atoms with Crippen LogP contribution in [0.4, 0.5) is 0 Å². The Morgan fingerprint density at radius 2 is 2.12 bits per heavy atom. The Bertz CT molecular complexity index is 863. The molecule has 1 atom stereocenters. The molecule has 0 aromatic carbocycles. The van der Waals surface area contributed by atoms with Gasteiger partial charge in [-0.1, -0.05) is 0 Å². The molecule has 24 heavy (non-hydrogen) atoms. The lowest BCUT2D eigenvalue weighted by molar-refractivity contribution is 0.257. The molecule has 3 aromatic rings. The lowest BCUT2D eigenvalue weighted by Gasteiger charge is -2.24. The predicted octanol–water partition coefficient (Wildman–Crippen LogP) is 1.53. The first-order valence-electron chi connectivity index (χ1n) is 8.38. The summed E-state index contributed by atoms with van der Waals surface area (Å²) in [7, 11) is 2.16. The highest BCUT2D eigenvalue weighted by molar-refractivity contribution is 5.39. The Hall–Kier alpha value is -2.25. The molecule has 0 aliphatic carbocycles. The third-order valence-corrected chi connectivity index (χ3v) is 4.91. The number of aryl methyl sites for hydroxylation is 1. The number of nitrogens with one attached hydrogen (secondary N) is 1. The normalized spacial score (nSPS) is 16.5. The number of fused-ring (bicyclic) bond motifs is 2. The fourth-order valence-corrected chi connectivity index (χ4v) is 3.38. The van der Waals surface area contributed by atoms with Crippen molar-refractivity contribution in [3.63, 3.8) is 0 Å². The van der Waals surface area contributed by atoms with E-state index in [0.717, 1.165) is 37.5 Å². The van der Waals surface area contributed by atoms with Crippen molar-refractivity contribution in [1.82, 2.24) is 34.6 Å². The maximum Gasteiger partial charge on any atom is 0.155 e. The average Bonchev–Trinajstić information content (AvgIpc) is 3.20. The zero-order valence-electron chi connectivity index (χ0n) is 14.4. The van der Waals surface area contributed by atoms with Gasteiger partial charge in [-0.2, -0.15) is 10.2 Å². The molecule has 0 saturated carbocycles. The minimum absolute atomic E-state index is 0.197. The molecular formula is C17H23N7. The topological polar surface area (TPSA) is 63.3 Å². The summed E-state index contributed by atoms with van der Waals surface area (Å²) in [6, 6.07) is 2.12. The molecule has 0 saturated heterocycles. The number of hydrogen-bond donors (Lipinski definition) is 1. The van der Waals surface area contributed by atoms with Crippen LogP contribution < -0.4 is 5.32 Å². The van der Waals surface area contributed by atoms with Crippen LogP contribution in [0.3, 0.4) is 0 Å². The first kappa shape index (κ1) is 15.3. The van der Waals surface area contributed by atoms with Crippen molar-refractivity contribution in [3.05, 3.63) is 47.2 Å². The second kappa shape index (κ2) is 5.99. The Morgan fingerprint density at radius 1 is 1.25 bits per heavy atom. The largest absolute Gasteiger partial charge is 0.306 e. The number of nitrogens with zero attached hydrogens (tertiary/aromatic N) is 6. The Balaban J connectivity index is 1.51. The van der Waals surface area contributed by atoms with Gasteiger partial charge >= 0.3 is 0 Å². The number of aromatic nitrogens is 5. The van der Waals surface area contributed by atoms with Gasteiger partial charge in [-0.25, -0.2) is 9.50 Å². The van der Waals surface area contributed by atoms with Gasteiger partial charge in [0, 0.05) is 54.8 Å². The van der Waals surface area contributed by atoms with E-state index in [1.54, 1.807) is 6.20 Å². The summed E-state index contributed by atoms with van der Waals surface area (Å²) < 4.78 is 4.02. The van der Waals surface area contributed by atoms with E-state index in [1.807, 2.05) is 23.0 Å². The zero-order valence-corrected chi connectivity index (χ0v) is 14.4. The second-order valence-corrected chi connectivity index (χ2v) is 6.58. The van der Waals surface area contributed by atoms with Crippen LogP contribution in [0.1, 0.15) is 35.5 Å². The minimum Gasteiger partial charge on any atom is -0.306 e. The smallest absolute Gasteiger partial charge is 0.155 e. The van der Waals surface area contributed by atoms with Crippen molar-refractivity contribution in [3.8, 4) is 0 Å². The summed E-state index contributed by atoms with van der Waals surface area (Å²) in [5.74, 6) is 0. The monoisotopic (exact) mass is 325 g/mol. The minimum atomic E-state index is 0.197. The quantitative estimate of drug-likeness (QED) is 0.788. The van der Waals surface area contributed by atoms with Crippen LogP contribution in [-0.4, -0.2) is 42.9 Å². The summed E-state index contributed by atoms with van der Waals surface area (Å²) in [4.78, 5) is 6.82. The lowest BCUT2D eigenvalue weighted by Crippen LogP contribution is -2.31. The van der Waals surface area contributed by atoms with Crippen LogP contribution in [0.25, 0.3) is 5.65 Å². The van der Waals surface area contributed by atoms with E-state index in [2.05, 4.69) is 51.0 Å². The summed E-state index contributed by atoms with van der Waals surface area (Å²) in [6.07, 6.45) is 5.73. The molecule has 0 spiro atoms. The molecule has 1 unspecified atom stereocenters. The van der Waals surface area contributed by atoms with E-state index >= 15 is 0 Å². The van der Waals surface area contributed by atoms with Crippen molar-refractivity contribution in [2.75, 3.05) is 13.6 Å². The molecular weight excluding hydrogens is 302 g/mol. The second-order valence-electron chi connectivity index (χ2n) is 6.58. The van der Waals surface area contributed by atoms with Gasteiger partial charge in [-0.3, -0.25) is 9.58 Å². The molecule has 0 radical (unpaired) electrons. The van der Waals surface area contributed by atoms with Gasteiger partial charge in [0.15, 0.2) is 5.65 Å². The summed E-state index contributed by atoms with van der Waals surface area (Å²) in [5, 5.41) is 12.5. The predicted molar refractivity (Wildman–Crippen MR) is 91.5 cm³/mol. The number of rotatable bonds is 4. The van der Waals surface area contributed by atoms with Gasteiger partial charge in [-0.05, 0) is 20.9 Å². The van der Waals surface area contributed by atoms with Crippen LogP contribution in [0.2, 0.25) is 0 Å². The zero-order chi connectivity index (χ0) is 16.7. The van der Waals surface area contributed by atoms with E-state index in [1.165, 1.54) is 16.8 Å². The molecule has 7 nitrogen and oxygen atoms in total. The molecule has 4 heterocycles. The van der Waals surface area contributed by atoms with E-state index in [-0.39, 0.29) is 6.04 Å². The maximum atomic E-state index is 4.52. The molecule has 3 aromatic heterocycles. The Labute approximate surface area is 141 Å². The molecule has 1 aliphatic rings. The molecule has 0 bridgehead atoms. The highest BCUT2D eigenvalue weighted by Crippen LogP contribution is 2.20. The summed E-state index contributed by atoms with van der Waals surface area (Å²) >= 11 is 0. The summed E-state index contributed by atoms with van der Waals surface area (Å²) in [6.45, 7) is 8.06. The fraction of sp³-hybridized carbons (Fsp3) is 0.471. The van der Waals surface area contributed by atoms with Crippen molar-refractivity contribution < 1.29 is 0 Å². The molecule has 7 heteroatoms. The van der Waals surface area contributed by atoms with Crippen molar-refractivity contribution in [2.45, 2.75) is 39.5 Å².